The van der Waals surface area contributed by atoms with E-state index in [4.69, 9.17) is 10.2 Å². The Morgan fingerprint density at radius 2 is 1.70 bits per heavy atom. The maximum atomic E-state index is 8.91. The van der Waals surface area contributed by atoms with E-state index >= 15 is 0 Å². The van der Waals surface area contributed by atoms with Crippen molar-refractivity contribution >= 4 is 0 Å². The zero-order valence-corrected chi connectivity index (χ0v) is 6.88. The quantitative estimate of drug-likeness (QED) is 0.611. The molecule has 0 aliphatic rings. The van der Waals surface area contributed by atoms with Gasteiger partial charge >= 0.3 is 0 Å². The van der Waals surface area contributed by atoms with Crippen molar-refractivity contribution in [1.29, 1.82) is 0 Å². The lowest BCUT2D eigenvalue weighted by atomic mass is 10.0. The van der Waals surface area contributed by atoms with Gasteiger partial charge in [-0.05, 0) is 32.1 Å². The molecule has 2 nitrogen and oxygen atoms in total. The zero-order valence-electron chi connectivity index (χ0n) is 6.88. The van der Waals surface area contributed by atoms with Gasteiger partial charge in [-0.2, -0.15) is 0 Å². The number of hydrogen-bond donors (Lipinski definition) is 2. The predicted molar refractivity (Wildman–Crippen MR) is 41.8 cm³/mol. The van der Waals surface area contributed by atoms with Gasteiger partial charge in [0.25, 0.3) is 0 Å². The maximum absolute atomic E-state index is 8.91. The smallest absolute Gasteiger partial charge is 0.0512 e. The molecule has 0 radical (unpaired) electrons. The molecule has 10 heavy (non-hydrogen) atoms. The second kappa shape index (κ2) is 5.69. The highest BCUT2D eigenvalue weighted by atomic mass is 16.3. The second-order valence-electron chi connectivity index (χ2n) is 3.04. The average molecular weight is 146 g/mol. The van der Waals surface area contributed by atoms with Crippen LogP contribution in [0.3, 0.4) is 0 Å². The van der Waals surface area contributed by atoms with Gasteiger partial charge in [-0.1, -0.05) is 6.92 Å². The Kier molecular flexibility index (Phi) is 5.64. The van der Waals surface area contributed by atoms with Crippen LogP contribution >= 0.6 is 0 Å². The first kappa shape index (κ1) is 9.92. The van der Waals surface area contributed by atoms with Crippen LogP contribution in [0.15, 0.2) is 0 Å². The molecule has 0 aromatic heterocycles. The molecule has 2 atom stereocenters. The van der Waals surface area contributed by atoms with Crippen LogP contribution in [-0.4, -0.2) is 22.9 Å². The lowest BCUT2D eigenvalue weighted by molar-refractivity contribution is 0.169. The summed E-state index contributed by atoms with van der Waals surface area (Å²) in [5.41, 5.74) is 0. The molecule has 0 bridgehead atoms. The molecule has 0 spiro atoms. The highest BCUT2D eigenvalue weighted by Gasteiger charge is 2.02. The van der Waals surface area contributed by atoms with E-state index in [0.717, 1.165) is 19.3 Å². The third-order valence-electron chi connectivity index (χ3n) is 1.70. The van der Waals surface area contributed by atoms with Crippen LogP contribution in [0.5, 0.6) is 0 Å². The van der Waals surface area contributed by atoms with Crippen LogP contribution in [0.4, 0.5) is 0 Å². The zero-order chi connectivity index (χ0) is 7.98. The number of hydrogen-bond acceptors (Lipinski definition) is 2. The van der Waals surface area contributed by atoms with Gasteiger partial charge in [-0.15, -0.1) is 0 Å². The van der Waals surface area contributed by atoms with Gasteiger partial charge in [-0.25, -0.2) is 0 Å². The van der Waals surface area contributed by atoms with Crippen LogP contribution in [-0.2, 0) is 0 Å². The number of aliphatic hydroxyl groups excluding tert-OH is 2. The third-order valence-corrected chi connectivity index (χ3v) is 1.70. The monoisotopic (exact) mass is 146 g/mol. The summed E-state index contributed by atoms with van der Waals surface area (Å²) in [6, 6.07) is 0. The van der Waals surface area contributed by atoms with Crippen LogP contribution < -0.4 is 0 Å². The topological polar surface area (TPSA) is 40.5 Å². The van der Waals surface area contributed by atoms with Gasteiger partial charge in [0.2, 0.25) is 0 Å². The maximum Gasteiger partial charge on any atom is 0.0512 e. The SMILES string of the molecule is CC(O)CCC(C)CCO. The van der Waals surface area contributed by atoms with Crippen molar-refractivity contribution in [2.24, 2.45) is 5.92 Å². The Bertz CT molecular complexity index is 71.7. The highest BCUT2D eigenvalue weighted by molar-refractivity contribution is 4.55. The lowest BCUT2D eigenvalue weighted by Crippen LogP contribution is -2.04. The van der Waals surface area contributed by atoms with E-state index in [2.05, 4.69) is 6.92 Å². The van der Waals surface area contributed by atoms with E-state index in [0.29, 0.717) is 5.92 Å². The summed E-state index contributed by atoms with van der Waals surface area (Å²) in [6.07, 6.45) is 2.52. The van der Waals surface area contributed by atoms with Gasteiger partial charge < -0.3 is 10.2 Å². The lowest BCUT2D eigenvalue weighted by Gasteiger charge is -2.09. The molecule has 2 unspecified atom stereocenters. The summed E-state index contributed by atoms with van der Waals surface area (Å²) in [6.45, 7) is 4.16. The molecule has 62 valence electrons. The molecule has 2 N–H and O–H groups in total. The molecule has 0 aromatic carbocycles. The fourth-order valence-electron chi connectivity index (χ4n) is 0.890. The largest absolute Gasteiger partial charge is 0.396 e. The average Bonchev–Trinajstić information content (AvgIpc) is 1.85. The van der Waals surface area contributed by atoms with E-state index in [1.807, 2.05) is 0 Å². The molecule has 0 rings (SSSR count). The molecule has 2 heteroatoms. The number of rotatable bonds is 5. The Hall–Kier alpha value is -0.0800. The van der Waals surface area contributed by atoms with Crippen molar-refractivity contribution < 1.29 is 10.2 Å². The first-order valence-corrected chi connectivity index (χ1v) is 3.95. The van der Waals surface area contributed by atoms with E-state index in [9.17, 15) is 0 Å². The first-order valence-electron chi connectivity index (χ1n) is 3.95. The fourth-order valence-corrected chi connectivity index (χ4v) is 0.890. The molecule has 0 aromatic rings. The molecular formula is C8H18O2. The van der Waals surface area contributed by atoms with Gasteiger partial charge in [0.05, 0.1) is 6.10 Å². The minimum absolute atomic E-state index is 0.193. The van der Waals surface area contributed by atoms with Gasteiger partial charge in [0, 0.05) is 6.61 Å². The highest BCUT2D eigenvalue weighted by Crippen LogP contribution is 2.10. The molecule has 0 fully saturated rings. The van der Waals surface area contributed by atoms with Gasteiger partial charge in [0.15, 0.2) is 0 Å². The first-order chi connectivity index (χ1) is 4.66. The van der Waals surface area contributed by atoms with Crippen molar-refractivity contribution in [3.05, 3.63) is 0 Å². The predicted octanol–water partition coefficient (Wildman–Crippen LogP) is 1.17. The minimum atomic E-state index is -0.193. The molecule has 0 amide bonds. The van der Waals surface area contributed by atoms with E-state index in [1.54, 1.807) is 6.92 Å². The Labute approximate surface area is 62.9 Å². The Morgan fingerprint density at radius 3 is 2.10 bits per heavy atom. The third kappa shape index (κ3) is 6.05. The normalized spacial score (nSPS) is 16.8. The summed E-state index contributed by atoms with van der Waals surface area (Å²) >= 11 is 0. The van der Waals surface area contributed by atoms with Gasteiger partial charge in [0.1, 0.15) is 0 Å². The molecule has 0 saturated carbocycles. The van der Waals surface area contributed by atoms with Crippen molar-refractivity contribution in [3.63, 3.8) is 0 Å². The molecule has 0 aliphatic heterocycles. The van der Waals surface area contributed by atoms with E-state index < -0.39 is 0 Å². The second-order valence-corrected chi connectivity index (χ2v) is 3.04. The number of aliphatic hydroxyl groups is 2. The van der Waals surface area contributed by atoms with Crippen LogP contribution in [0.2, 0.25) is 0 Å². The van der Waals surface area contributed by atoms with Crippen molar-refractivity contribution in [2.45, 2.75) is 39.2 Å². The Balaban J connectivity index is 3.12. The summed E-state index contributed by atoms with van der Waals surface area (Å²) in [5.74, 6) is 0.541. The minimum Gasteiger partial charge on any atom is -0.396 e. The van der Waals surface area contributed by atoms with Crippen LogP contribution in [0.25, 0.3) is 0 Å². The molecule has 0 saturated heterocycles. The van der Waals surface area contributed by atoms with Crippen molar-refractivity contribution in [1.82, 2.24) is 0 Å². The van der Waals surface area contributed by atoms with Crippen LogP contribution in [0, 0.1) is 5.92 Å². The van der Waals surface area contributed by atoms with Crippen molar-refractivity contribution in [2.75, 3.05) is 6.61 Å². The van der Waals surface area contributed by atoms with E-state index in [1.165, 1.54) is 0 Å². The summed E-state index contributed by atoms with van der Waals surface area (Å²) in [7, 11) is 0. The Morgan fingerprint density at radius 1 is 1.10 bits per heavy atom. The van der Waals surface area contributed by atoms with Gasteiger partial charge in [-0.3, -0.25) is 0 Å². The van der Waals surface area contributed by atoms with E-state index in [-0.39, 0.29) is 12.7 Å². The standard InChI is InChI=1S/C8H18O2/c1-7(5-6-9)3-4-8(2)10/h7-10H,3-6H2,1-2H3. The molecule has 0 heterocycles. The van der Waals surface area contributed by atoms with Crippen LogP contribution in [0.1, 0.15) is 33.1 Å². The molecular weight excluding hydrogens is 128 g/mol. The van der Waals surface area contributed by atoms with Crippen molar-refractivity contribution in [3.8, 4) is 0 Å². The fraction of sp³-hybridized carbons (Fsp3) is 1.00. The summed E-state index contributed by atoms with van der Waals surface area (Å²) < 4.78 is 0. The summed E-state index contributed by atoms with van der Waals surface area (Å²) in [5, 5.41) is 17.4. The molecule has 0 aliphatic carbocycles. The summed E-state index contributed by atoms with van der Waals surface area (Å²) in [4.78, 5) is 0.